The van der Waals surface area contributed by atoms with Crippen LogP contribution in [0.1, 0.15) is 12.4 Å². The number of carbonyl (C=O) groups excluding carboxylic acids is 1. The quantitative estimate of drug-likeness (QED) is 0.694. The monoisotopic (exact) mass is 173 g/mol. The largest absolute Gasteiger partial charge is 0.326 e. The molecule has 0 unspecified atom stereocenters. The molecule has 58 valence electrons. The van der Waals surface area contributed by atoms with E-state index in [1.807, 2.05) is 0 Å². The average Bonchev–Trinajstić information content (AvgIpc) is 2.18. The van der Waals surface area contributed by atoms with Crippen molar-refractivity contribution in [2.24, 2.45) is 0 Å². The highest BCUT2D eigenvalue weighted by molar-refractivity contribution is 6.30. The molecule has 0 aliphatic carbocycles. The lowest BCUT2D eigenvalue weighted by molar-refractivity contribution is -0.114. The summed E-state index contributed by atoms with van der Waals surface area (Å²) < 4.78 is 29.7. The number of hydrogen-bond acceptors (Lipinski definition) is 1. The van der Waals surface area contributed by atoms with Crippen LogP contribution in [0.4, 0.5) is 5.69 Å². The maximum absolute atomic E-state index is 10.8. The molecule has 1 aromatic rings. The van der Waals surface area contributed by atoms with Crippen LogP contribution in [-0.2, 0) is 4.79 Å². The zero-order valence-corrected chi connectivity index (χ0v) is 6.54. The van der Waals surface area contributed by atoms with Crippen molar-refractivity contribution in [3.05, 3.63) is 29.2 Å². The predicted octanol–water partition coefficient (Wildman–Crippen LogP) is 2.30. The third-order valence-corrected chi connectivity index (χ3v) is 1.08. The Hall–Kier alpha value is -1.02. The third-order valence-electron chi connectivity index (χ3n) is 0.896. The van der Waals surface area contributed by atoms with Crippen LogP contribution in [0, 0.1) is 0 Å². The maximum Gasteiger partial charge on any atom is 0.221 e. The number of benzene rings is 1. The van der Waals surface area contributed by atoms with E-state index >= 15 is 0 Å². The lowest BCUT2D eigenvalue weighted by Gasteiger charge is -1.99. The molecule has 1 rings (SSSR count). The maximum atomic E-state index is 10.8. The van der Waals surface area contributed by atoms with E-state index in [4.69, 9.17) is 17.1 Å². The van der Waals surface area contributed by atoms with Gasteiger partial charge in [0.05, 0.1) is 5.48 Å². The van der Waals surface area contributed by atoms with E-state index in [1.165, 1.54) is 6.92 Å². The summed E-state index contributed by atoms with van der Waals surface area (Å²) in [6.07, 6.45) is 0. The Morgan fingerprint density at radius 3 is 2.55 bits per heavy atom. The number of anilines is 1. The van der Waals surface area contributed by atoms with Crippen molar-refractivity contribution in [1.29, 1.82) is 0 Å². The minimum Gasteiger partial charge on any atom is -0.326 e. The summed E-state index contributed by atoms with van der Waals surface area (Å²) in [6.45, 7) is 1.22. The van der Waals surface area contributed by atoms with Crippen LogP contribution in [0.3, 0.4) is 0 Å². The Morgan fingerprint density at radius 1 is 1.55 bits per heavy atom. The van der Waals surface area contributed by atoms with Gasteiger partial charge < -0.3 is 5.32 Å². The molecule has 0 heterocycles. The zero-order valence-electron chi connectivity index (χ0n) is 9.79. The van der Waals surface area contributed by atoms with Gasteiger partial charge in [-0.15, -0.1) is 0 Å². The molecule has 11 heavy (non-hydrogen) atoms. The molecule has 0 radical (unpaired) electrons. The van der Waals surface area contributed by atoms with Gasteiger partial charge in [0.2, 0.25) is 5.91 Å². The number of nitrogens with one attached hydrogen (secondary N) is 1. The first kappa shape index (κ1) is 4.12. The van der Waals surface area contributed by atoms with Crippen molar-refractivity contribution in [2.45, 2.75) is 6.92 Å². The van der Waals surface area contributed by atoms with Gasteiger partial charge >= 0.3 is 0 Å². The second-order valence-electron chi connectivity index (χ2n) is 1.87. The summed E-state index contributed by atoms with van der Waals surface area (Å²) in [6, 6.07) is -1.42. The van der Waals surface area contributed by atoms with Gasteiger partial charge in [0.25, 0.3) is 0 Å². The molecule has 0 aliphatic rings. The molecule has 0 saturated heterocycles. The second-order valence-corrected chi connectivity index (χ2v) is 2.25. The first-order valence-corrected chi connectivity index (χ1v) is 3.27. The van der Waals surface area contributed by atoms with Gasteiger partial charge in [-0.2, -0.15) is 0 Å². The van der Waals surface area contributed by atoms with Crippen molar-refractivity contribution in [3.63, 3.8) is 0 Å². The standard InChI is InChI=1S/C8H8ClNO/c1-6(11)10-8-4-2-7(9)3-5-8/h2-5H,1H3,(H,10,11)/i2D,3D,4D,5D. The molecule has 0 spiro atoms. The minimum absolute atomic E-state index is 0.151. The smallest absolute Gasteiger partial charge is 0.221 e. The molecule has 2 nitrogen and oxygen atoms in total. The number of halogens is 1. The van der Waals surface area contributed by atoms with Crippen LogP contribution < -0.4 is 5.32 Å². The first-order chi connectivity index (χ1) is 6.86. The van der Waals surface area contributed by atoms with E-state index in [2.05, 4.69) is 5.32 Å². The molecule has 1 aromatic carbocycles. The number of rotatable bonds is 1. The molecule has 0 fully saturated rings. The van der Waals surface area contributed by atoms with Gasteiger partial charge in [-0.1, -0.05) is 11.6 Å². The van der Waals surface area contributed by atoms with Gasteiger partial charge in [-0.05, 0) is 24.2 Å². The second kappa shape index (κ2) is 3.39. The van der Waals surface area contributed by atoms with E-state index in [0.29, 0.717) is 0 Å². The van der Waals surface area contributed by atoms with Crippen LogP contribution >= 0.6 is 11.6 Å². The summed E-state index contributed by atoms with van der Waals surface area (Å²) in [5.74, 6) is -0.460. The molecule has 0 aromatic heterocycles. The molecular formula is C8H8ClNO. The third kappa shape index (κ3) is 2.60. The van der Waals surface area contributed by atoms with Crippen LogP contribution in [0.15, 0.2) is 24.2 Å². The van der Waals surface area contributed by atoms with Crippen molar-refractivity contribution >= 4 is 23.2 Å². The predicted molar refractivity (Wildman–Crippen MR) is 45.8 cm³/mol. The lowest BCUT2D eigenvalue weighted by Crippen LogP contribution is -2.04. The van der Waals surface area contributed by atoms with E-state index in [0.717, 1.165) is 0 Å². The summed E-state index contributed by atoms with van der Waals surface area (Å²) in [4.78, 5) is 10.8. The Balaban J connectivity index is 3.45. The van der Waals surface area contributed by atoms with E-state index in [-0.39, 0.29) is 34.9 Å². The number of hydrogen-bond donors (Lipinski definition) is 1. The number of carbonyl (C=O) groups is 1. The molecule has 1 N–H and O–H groups in total. The Morgan fingerprint density at radius 2 is 2.09 bits per heavy atom. The molecule has 0 saturated carbocycles. The van der Waals surface area contributed by atoms with Crippen LogP contribution in [-0.4, -0.2) is 5.91 Å². The topological polar surface area (TPSA) is 29.1 Å². The Labute approximate surface area is 75.8 Å². The highest BCUT2D eigenvalue weighted by Crippen LogP contribution is 2.12. The molecule has 0 atom stereocenters. The van der Waals surface area contributed by atoms with Crippen molar-refractivity contribution in [3.8, 4) is 0 Å². The molecular weight excluding hydrogens is 162 g/mol. The fourth-order valence-corrected chi connectivity index (χ4v) is 0.630. The van der Waals surface area contributed by atoms with E-state index in [1.54, 1.807) is 0 Å². The highest BCUT2D eigenvalue weighted by Gasteiger charge is 1.93. The number of amides is 1. The van der Waals surface area contributed by atoms with E-state index in [9.17, 15) is 4.79 Å². The van der Waals surface area contributed by atoms with Crippen LogP contribution in [0.5, 0.6) is 0 Å². The highest BCUT2D eigenvalue weighted by atomic mass is 35.5. The Kier molecular flexibility index (Phi) is 1.27. The summed E-state index contributed by atoms with van der Waals surface area (Å²) in [5.41, 5.74) is -0.151. The molecule has 3 heteroatoms. The normalized spacial score (nSPS) is 14.4. The summed E-state index contributed by atoms with van der Waals surface area (Å²) in [5, 5.41) is 1.99. The van der Waals surface area contributed by atoms with Crippen LogP contribution in [0.25, 0.3) is 0 Å². The minimum atomic E-state index is -0.460. The van der Waals surface area contributed by atoms with Gasteiger partial charge in [0.1, 0.15) is 0 Å². The first-order valence-electron chi connectivity index (χ1n) is 4.89. The zero-order chi connectivity index (χ0) is 11.7. The molecule has 0 aliphatic heterocycles. The van der Waals surface area contributed by atoms with E-state index < -0.39 is 5.91 Å². The Bertz CT molecular complexity index is 406. The summed E-state index contributed by atoms with van der Waals surface area (Å²) >= 11 is 5.57. The average molecular weight is 174 g/mol. The molecule has 1 amide bonds. The van der Waals surface area contributed by atoms with Crippen molar-refractivity contribution < 1.29 is 10.3 Å². The fourth-order valence-electron chi connectivity index (χ4n) is 0.536. The van der Waals surface area contributed by atoms with Crippen LogP contribution in [0.2, 0.25) is 5.02 Å². The lowest BCUT2D eigenvalue weighted by atomic mass is 10.3. The SMILES string of the molecule is [2H]c1c([2H])c(NC(C)=O)c([2H])c([2H])c1Cl. The fraction of sp³-hybridized carbons (Fsp3) is 0.125. The van der Waals surface area contributed by atoms with Gasteiger partial charge in [0.15, 0.2) is 0 Å². The van der Waals surface area contributed by atoms with Gasteiger partial charge in [-0.3, -0.25) is 4.79 Å². The summed E-state index contributed by atoms with van der Waals surface area (Å²) in [7, 11) is 0. The molecule has 0 bridgehead atoms. The van der Waals surface area contributed by atoms with Crippen molar-refractivity contribution in [1.82, 2.24) is 0 Å². The van der Waals surface area contributed by atoms with Gasteiger partial charge in [0, 0.05) is 17.6 Å². The van der Waals surface area contributed by atoms with Gasteiger partial charge in [-0.25, -0.2) is 0 Å². The van der Waals surface area contributed by atoms with Crippen molar-refractivity contribution in [2.75, 3.05) is 5.32 Å².